The van der Waals surface area contributed by atoms with Crippen molar-refractivity contribution in [3.63, 3.8) is 0 Å². The third-order valence-corrected chi connectivity index (χ3v) is 3.28. The Bertz CT molecular complexity index is 671. The normalized spacial score (nSPS) is 10.2. The third kappa shape index (κ3) is 3.13. The summed E-state index contributed by atoms with van der Waals surface area (Å²) in [5.41, 5.74) is 2.37. The molecule has 0 saturated heterocycles. The molecule has 0 saturated carbocycles. The van der Waals surface area contributed by atoms with Crippen LogP contribution in [0.2, 0.25) is 0 Å². The highest BCUT2D eigenvalue weighted by Crippen LogP contribution is 2.24. The van der Waals surface area contributed by atoms with Crippen LogP contribution in [0.25, 0.3) is 0 Å². The summed E-state index contributed by atoms with van der Waals surface area (Å²) < 4.78 is 18.0. The number of aromatic hydroxyl groups is 1. The van der Waals surface area contributed by atoms with E-state index in [0.29, 0.717) is 11.1 Å². The van der Waals surface area contributed by atoms with Crippen LogP contribution in [0.15, 0.2) is 36.4 Å². The second kappa shape index (κ2) is 6.26. The van der Waals surface area contributed by atoms with Crippen LogP contribution in [-0.2, 0) is 11.3 Å². The zero-order valence-electron chi connectivity index (χ0n) is 11.8. The fraction of sp³-hybridized carbons (Fsp3) is 0.188. The molecule has 110 valence electrons. The number of phenols is 1. The fourth-order valence-corrected chi connectivity index (χ4v) is 2.05. The van der Waals surface area contributed by atoms with Gasteiger partial charge in [-0.2, -0.15) is 0 Å². The second-order valence-electron chi connectivity index (χ2n) is 4.57. The summed E-state index contributed by atoms with van der Waals surface area (Å²) in [4.78, 5) is 11.6. The van der Waals surface area contributed by atoms with Crippen molar-refractivity contribution < 1.29 is 19.0 Å². The first-order valence-corrected chi connectivity index (χ1v) is 6.42. The molecule has 2 N–H and O–H groups in total. The Kier molecular flexibility index (Phi) is 4.42. The number of ether oxygens (including phenoxy) is 1. The molecule has 0 heterocycles. The summed E-state index contributed by atoms with van der Waals surface area (Å²) in [7, 11) is 1.33. The molecule has 0 aliphatic heterocycles. The molecule has 0 aliphatic rings. The van der Waals surface area contributed by atoms with E-state index in [2.05, 4.69) is 5.32 Å². The largest absolute Gasteiger partial charge is 0.505 e. The Morgan fingerprint density at radius 1 is 1.29 bits per heavy atom. The first-order chi connectivity index (χ1) is 10.0. The van der Waals surface area contributed by atoms with E-state index in [0.717, 1.165) is 11.3 Å². The van der Waals surface area contributed by atoms with Gasteiger partial charge in [-0.15, -0.1) is 0 Å². The summed E-state index contributed by atoms with van der Waals surface area (Å²) in [6, 6.07) is 9.56. The Morgan fingerprint density at radius 2 is 2.00 bits per heavy atom. The molecule has 0 radical (unpaired) electrons. The van der Waals surface area contributed by atoms with E-state index in [-0.39, 0.29) is 12.3 Å². The summed E-state index contributed by atoms with van der Waals surface area (Å²) in [5, 5.41) is 12.7. The molecule has 0 unspecified atom stereocenters. The number of phenolic OH excluding ortho intramolecular Hbond substituents is 1. The van der Waals surface area contributed by atoms with Crippen molar-refractivity contribution in [2.24, 2.45) is 0 Å². The highest BCUT2D eigenvalue weighted by Gasteiger charge is 2.12. The zero-order valence-corrected chi connectivity index (χ0v) is 11.8. The molecule has 0 fully saturated rings. The first-order valence-electron chi connectivity index (χ1n) is 6.42. The van der Waals surface area contributed by atoms with E-state index in [4.69, 9.17) is 4.74 Å². The maximum absolute atomic E-state index is 13.3. The highest BCUT2D eigenvalue weighted by molar-refractivity contribution is 5.92. The van der Waals surface area contributed by atoms with Gasteiger partial charge in [-0.05, 0) is 30.7 Å². The minimum Gasteiger partial charge on any atom is -0.505 e. The van der Waals surface area contributed by atoms with E-state index >= 15 is 0 Å². The van der Waals surface area contributed by atoms with Crippen LogP contribution in [0, 0.1) is 12.7 Å². The minimum atomic E-state index is -0.658. The number of methoxy groups -OCH3 is 1. The number of hydrogen-bond donors (Lipinski definition) is 2. The number of rotatable bonds is 4. The molecule has 4 nitrogen and oxygen atoms in total. The Hall–Kier alpha value is -2.56. The second-order valence-corrected chi connectivity index (χ2v) is 4.57. The van der Waals surface area contributed by atoms with Crippen molar-refractivity contribution in [1.82, 2.24) is 0 Å². The van der Waals surface area contributed by atoms with Crippen molar-refractivity contribution in [3.8, 4) is 5.75 Å². The molecule has 0 aliphatic carbocycles. The molecular formula is C16H16FNO3. The maximum Gasteiger partial charge on any atom is 0.338 e. The molecule has 0 atom stereocenters. The summed E-state index contributed by atoms with van der Waals surface area (Å²) >= 11 is 0. The standard InChI is InChI=1S/C16H16FNO3/c1-10-12(16(20)21-2)6-4-8-14(10)18-9-11-5-3-7-13(17)15(11)19/h3-8,18-19H,9H2,1-2H3. The number of carbonyl (C=O) groups excluding carboxylic acids is 1. The monoisotopic (exact) mass is 289 g/mol. The van der Waals surface area contributed by atoms with Crippen LogP contribution in [0.3, 0.4) is 0 Å². The number of para-hydroxylation sites is 1. The van der Waals surface area contributed by atoms with Crippen LogP contribution < -0.4 is 5.32 Å². The van der Waals surface area contributed by atoms with Crippen molar-refractivity contribution in [3.05, 3.63) is 58.9 Å². The number of anilines is 1. The topological polar surface area (TPSA) is 58.6 Å². The molecule has 0 aromatic heterocycles. The van der Waals surface area contributed by atoms with Gasteiger partial charge in [0, 0.05) is 17.8 Å². The SMILES string of the molecule is COC(=O)c1cccc(NCc2cccc(F)c2O)c1C. The number of esters is 1. The molecule has 2 aromatic carbocycles. The van der Waals surface area contributed by atoms with Gasteiger partial charge in [-0.1, -0.05) is 18.2 Å². The average molecular weight is 289 g/mol. The summed E-state index contributed by atoms with van der Waals surface area (Å²) in [5.74, 6) is -1.44. The maximum atomic E-state index is 13.3. The van der Waals surface area contributed by atoms with E-state index in [1.54, 1.807) is 31.2 Å². The molecule has 2 rings (SSSR count). The molecule has 21 heavy (non-hydrogen) atoms. The first kappa shape index (κ1) is 14.8. The molecule has 2 aromatic rings. The Labute approximate surface area is 122 Å². The van der Waals surface area contributed by atoms with Gasteiger partial charge >= 0.3 is 5.97 Å². The lowest BCUT2D eigenvalue weighted by Gasteiger charge is -2.13. The molecular weight excluding hydrogens is 273 g/mol. The lowest BCUT2D eigenvalue weighted by Crippen LogP contribution is -2.07. The van der Waals surface area contributed by atoms with Crippen LogP contribution >= 0.6 is 0 Å². The lowest BCUT2D eigenvalue weighted by atomic mass is 10.1. The Balaban J connectivity index is 2.21. The Morgan fingerprint density at radius 3 is 2.71 bits per heavy atom. The molecule has 5 heteroatoms. The lowest BCUT2D eigenvalue weighted by molar-refractivity contribution is 0.0600. The number of nitrogens with one attached hydrogen (secondary N) is 1. The number of benzene rings is 2. The number of carbonyl (C=O) groups is 1. The highest BCUT2D eigenvalue weighted by atomic mass is 19.1. The smallest absolute Gasteiger partial charge is 0.338 e. The predicted octanol–water partition coefficient (Wildman–Crippen LogP) is 3.24. The molecule has 0 bridgehead atoms. The van der Waals surface area contributed by atoms with Gasteiger partial charge in [0.15, 0.2) is 11.6 Å². The molecule has 0 amide bonds. The predicted molar refractivity (Wildman–Crippen MR) is 77.9 cm³/mol. The van der Waals surface area contributed by atoms with Gasteiger partial charge in [0.1, 0.15) is 0 Å². The van der Waals surface area contributed by atoms with Crippen LogP contribution in [0.5, 0.6) is 5.75 Å². The quantitative estimate of drug-likeness (QED) is 0.848. The fourth-order valence-electron chi connectivity index (χ4n) is 2.05. The van der Waals surface area contributed by atoms with Gasteiger partial charge in [0.25, 0.3) is 0 Å². The summed E-state index contributed by atoms with van der Waals surface area (Å²) in [6.07, 6.45) is 0. The third-order valence-electron chi connectivity index (χ3n) is 3.28. The zero-order chi connectivity index (χ0) is 15.4. The molecule has 0 spiro atoms. The van der Waals surface area contributed by atoms with E-state index in [1.165, 1.54) is 19.2 Å². The van der Waals surface area contributed by atoms with Crippen molar-refractivity contribution in [2.75, 3.05) is 12.4 Å². The van der Waals surface area contributed by atoms with E-state index in [1.807, 2.05) is 0 Å². The van der Waals surface area contributed by atoms with Crippen molar-refractivity contribution >= 4 is 11.7 Å². The van der Waals surface area contributed by atoms with Gasteiger partial charge in [-0.3, -0.25) is 0 Å². The minimum absolute atomic E-state index is 0.245. The van der Waals surface area contributed by atoms with Crippen LogP contribution in [0.1, 0.15) is 21.5 Å². The number of hydrogen-bond acceptors (Lipinski definition) is 4. The van der Waals surface area contributed by atoms with Gasteiger partial charge < -0.3 is 15.2 Å². The number of halogens is 1. The van der Waals surface area contributed by atoms with Gasteiger partial charge in [0.05, 0.1) is 12.7 Å². The van der Waals surface area contributed by atoms with Crippen molar-refractivity contribution in [1.29, 1.82) is 0 Å². The van der Waals surface area contributed by atoms with Crippen LogP contribution in [-0.4, -0.2) is 18.2 Å². The van der Waals surface area contributed by atoms with Crippen LogP contribution in [0.4, 0.5) is 10.1 Å². The average Bonchev–Trinajstić information content (AvgIpc) is 2.49. The van der Waals surface area contributed by atoms with Gasteiger partial charge in [-0.25, -0.2) is 9.18 Å². The summed E-state index contributed by atoms with van der Waals surface area (Å²) in [6.45, 7) is 2.04. The van der Waals surface area contributed by atoms with E-state index in [9.17, 15) is 14.3 Å². The van der Waals surface area contributed by atoms with Crippen molar-refractivity contribution in [2.45, 2.75) is 13.5 Å². The van der Waals surface area contributed by atoms with Gasteiger partial charge in [0.2, 0.25) is 0 Å². The van der Waals surface area contributed by atoms with E-state index < -0.39 is 11.8 Å².